The lowest BCUT2D eigenvalue weighted by atomic mass is 9.87. The van der Waals surface area contributed by atoms with Crippen molar-refractivity contribution in [3.63, 3.8) is 0 Å². The van der Waals surface area contributed by atoms with Gasteiger partial charge in [0.25, 0.3) is 0 Å². The molecule has 98 valence electrons. The van der Waals surface area contributed by atoms with Gasteiger partial charge in [-0.2, -0.15) is 0 Å². The molecule has 1 heterocycles. The molecule has 18 heavy (non-hydrogen) atoms. The Balaban J connectivity index is 1.88. The van der Waals surface area contributed by atoms with E-state index in [2.05, 4.69) is 20.8 Å². The average molecular weight is 316 g/mol. The van der Waals surface area contributed by atoms with Crippen molar-refractivity contribution in [3.8, 4) is 0 Å². The number of benzene rings is 1. The first-order valence-corrected chi connectivity index (χ1v) is 6.65. The number of hydrogen-bond donors (Lipinski definition) is 1. The fraction of sp³-hybridized carbons (Fsp3) is 0.462. The third-order valence-electron chi connectivity index (χ3n) is 3.49. The van der Waals surface area contributed by atoms with E-state index >= 15 is 0 Å². The molecule has 1 N–H and O–H groups in total. The minimum Gasteiger partial charge on any atom is -0.481 e. The summed E-state index contributed by atoms with van der Waals surface area (Å²) in [6.07, 6.45) is 0. The van der Waals surface area contributed by atoms with Gasteiger partial charge in [0.05, 0.1) is 5.92 Å². The minimum absolute atomic E-state index is 0.181. The fourth-order valence-electron chi connectivity index (χ4n) is 2.15. The van der Waals surface area contributed by atoms with Crippen molar-refractivity contribution < 1.29 is 14.3 Å². The number of likely N-dealkylation sites (tertiary alicyclic amines) is 1. The van der Waals surface area contributed by atoms with Crippen molar-refractivity contribution in [1.29, 1.82) is 0 Å². The van der Waals surface area contributed by atoms with Gasteiger partial charge in [-0.1, -0.05) is 28.9 Å². The van der Waals surface area contributed by atoms with Gasteiger partial charge in [-0.15, -0.1) is 0 Å². The van der Waals surface area contributed by atoms with Crippen molar-refractivity contribution in [2.45, 2.75) is 13.5 Å². The smallest absolute Gasteiger partial charge is 0.306 e. The molecule has 1 atom stereocenters. The van der Waals surface area contributed by atoms with Crippen LogP contribution in [0.2, 0.25) is 0 Å². The quantitative estimate of drug-likeness (QED) is 0.928. The van der Waals surface area contributed by atoms with Crippen LogP contribution in [-0.2, 0) is 11.3 Å². The molecule has 0 aliphatic carbocycles. The molecule has 3 nitrogen and oxygen atoms in total. The second-order valence-corrected chi connectivity index (χ2v) is 5.73. The SMILES string of the molecule is CC(C(=O)O)C1CN(Cc2ccc(Br)cc2F)C1. The number of rotatable bonds is 4. The Kier molecular flexibility index (Phi) is 4.02. The van der Waals surface area contributed by atoms with Gasteiger partial charge in [0.2, 0.25) is 0 Å². The lowest BCUT2D eigenvalue weighted by Crippen LogP contribution is -2.50. The molecular formula is C13H15BrFNO2. The van der Waals surface area contributed by atoms with Gasteiger partial charge in [0.1, 0.15) is 5.82 Å². The van der Waals surface area contributed by atoms with E-state index in [1.54, 1.807) is 13.0 Å². The first kappa shape index (κ1) is 13.5. The zero-order valence-corrected chi connectivity index (χ0v) is 11.7. The molecule has 0 saturated carbocycles. The molecule has 1 aromatic rings. The maximum Gasteiger partial charge on any atom is 0.306 e. The molecule has 1 saturated heterocycles. The number of hydrogen-bond acceptors (Lipinski definition) is 2. The van der Waals surface area contributed by atoms with Crippen LogP contribution in [0, 0.1) is 17.7 Å². The maximum atomic E-state index is 13.6. The Morgan fingerprint density at radius 1 is 1.61 bits per heavy atom. The lowest BCUT2D eigenvalue weighted by molar-refractivity contribution is -0.145. The van der Waals surface area contributed by atoms with E-state index in [1.165, 1.54) is 6.07 Å². The van der Waals surface area contributed by atoms with Crippen LogP contribution in [0.1, 0.15) is 12.5 Å². The second kappa shape index (κ2) is 5.36. The molecule has 0 amide bonds. The molecule has 1 aliphatic rings. The van der Waals surface area contributed by atoms with E-state index < -0.39 is 5.97 Å². The standard InChI is InChI=1S/C13H15BrFNO2/c1-8(13(17)18)10-6-16(7-10)5-9-2-3-11(14)4-12(9)15/h2-4,8,10H,5-7H2,1H3,(H,17,18). The van der Waals surface area contributed by atoms with Gasteiger partial charge in [0, 0.05) is 29.7 Å². The summed E-state index contributed by atoms with van der Waals surface area (Å²) in [6, 6.07) is 5.02. The number of aliphatic carboxylic acids is 1. The summed E-state index contributed by atoms with van der Waals surface area (Å²) in [4.78, 5) is 12.9. The van der Waals surface area contributed by atoms with E-state index in [1.807, 2.05) is 6.07 Å². The average Bonchev–Trinajstić information content (AvgIpc) is 2.24. The monoisotopic (exact) mass is 315 g/mol. The summed E-state index contributed by atoms with van der Waals surface area (Å²) in [5.74, 6) is -1.12. The van der Waals surface area contributed by atoms with Crippen LogP contribution >= 0.6 is 15.9 Å². The van der Waals surface area contributed by atoms with Crippen LogP contribution in [0.25, 0.3) is 0 Å². The molecule has 1 fully saturated rings. The van der Waals surface area contributed by atoms with Crippen molar-refractivity contribution in [3.05, 3.63) is 34.1 Å². The van der Waals surface area contributed by atoms with Gasteiger partial charge < -0.3 is 5.11 Å². The molecule has 1 aromatic carbocycles. The van der Waals surface area contributed by atoms with Crippen LogP contribution < -0.4 is 0 Å². The highest BCUT2D eigenvalue weighted by Crippen LogP contribution is 2.26. The largest absolute Gasteiger partial charge is 0.481 e. The second-order valence-electron chi connectivity index (χ2n) is 4.82. The fourth-order valence-corrected chi connectivity index (χ4v) is 2.48. The van der Waals surface area contributed by atoms with Gasteiger partial charge in [-0.25, -0.2) is 4.39 Å². The third kappa shape index (κ3) is 2.90. The van der Waals surface area contributed by atoms with Crippen molar-refractivity contribution in [1.82, 2.24) is 4.90 Å². The zero-order valence-electron chi connectivity index (χ0n) is 10.1. The summed E-state index contributed by atoms with van der Waals surface area (Å²) in [6.45, 7) is 3.72. The topological polar surface area (TPSA) is 40.5 Å². The van der Waals surface area contributed by atoms with Crippen LogP contribution in [0.4, 0.5) is 4.39 Å². The first-order valence-electron chi connectivity index (χ1n) is 5.86. The molecule has 0 radical (unpaired) electrons. The number of nitrogens with zero attached hydrogens (tertiary/aromatic N) is 1. The predicted octanol–water partition coefficient (Wildman–Crippen LogP) is 2.74. The molecule has 0 spiro atoms. The van der Waals surface area contributed by atoms with E-state index in [4.69, 9.17) is 5.11 Å². The Morgan fingerprint density at radius 3 is 2.83 bits per heavy atom. The van der Waals surface area contributed by atoms with Crippen LogP contribution in [0.3, 0.4) is 0 Å². The highest BCUT2D eigenvalue weighted by atomic mass is 79.9. The van der Waals surface area contributed by atoms with E-state index in [-0.39, 0.29) is 17.7 Å². The summed E-state index contributed by atoms with van der Waals surface area (Å²) in [5, 5.41) is 8.88. The molecule has 1 unspecified atom stereocenters. The predicted molar refractivity (Wildman–Crippen MR) is 69.7 cm³/mol. The highest BCUT2D eigenvalue weighted by molar-refractivity contribution is 9.10. The Bertz CT molecular complexity index is 460. The van der Waals surface area contributed by atoms with Crippen LogP contribution in [-0.4, -0.2) is 29.1 Å². The van der Waals surface area contributed by atoms with Crippen molar-refractivity contribution in [2.75, 3.05) is 13.1 Å². The molecular weight excluding hydrogens is 301 g/mol. The summed E-state index contributed by atoms with van der Waals surface area (Å²) < 4.78 is 14.3. The van der Waals surface area contributed by atoms with Gasteiger partial charge >= 0.3 is 5.97 Å². The molecule has 0 bridgehead atoms. The Morgan fingerprint density at radius 2 is 2.28 bits per heavy atom. The highest BCUT2D eigenvalue weighted by Gasteiger charge is 2.34. The van der Waals surface area contributed by atoms with Crippen LogP contribution in [0.15, 0.2) is 22.7 Å². The van der Waals surface area contributed by atoms with E-state index in [9.17, 15) is 9.18 Å². The Hall–Kier alpha value is -0.940. The summed E-state index contributed by atoms with van der Waals surface area (Å²) in [7, 11) is 0. The minimum atomic E-state index is -0.755. The van der Waals surface area contributed by atoms with Crippen LogP contribution in [0.5, 0.6) is 0 Å². The molecule has 2 rings (SSSR count). The van der Waals surface area contributed by atoms with Gasteiger partial charge in [-0.05, 0) is 18.1 Å². The molecule has 1 aliphatic heterocycles. The maximum absolute atomic E-state index is 13.6. The normalized spacial score (nSPS) is 18.4. The number of carboxylic acid groups (broad SMARTS) is 1. The summed E-state index contributed by atoms with van der Waals surface area (Å²) in [5.41, 5.74) is 0.652. The molecule has 5 heteroatoms. The summed E-state index contributed by atoms with van der Waals surface area (Å²) >= 11 is 3.22. The van der Waals surface area contributed by atoms with Crippen molar-refractivity contribution >= 4 is 21.9 Å². The Labute approximate surface area is 114 Å². The van der Waals surface area contributed by atoms with Gasteiger partial charge in [0.15, 0.2) is 0 Å². The van der Waals surface area contributed by atoms with Crippen molar-refractivity contribution in [2.24, 2.45) is 11.8 Å². The van der Waals surface area contributed by atoms with E-state index in [0.717, 1.165) is 17.6 Å². The van der Waals surface area contributed by atoms with Gasteiger partial charge in [-0.3, -0.25) is 9.69 Å². The third-order valence-corrected chi connectivity index (χ3v) is 3.98. The zero-order chi connectivity index (χ0) is 13.3. The first-order chi connectivity index (χ1) is 8.47. The number of carboxylic acids is 1. The lowest BCUT2D eigenvalue weighted by Gasteiger charge is -2.41. The number of halogens is 2. The van der Waals surface area contributed by atoms with E-state index in [0.29, 0.717) is 12.1 Å². The molecule has 0 aromatic heterocycles. The number of carbonyl (C=O) groups is 1.